The van der Waals surface area contributed by atoms with Gasteiger partial charge in [0.15, 0.2) is 5.78 Å². The van der Waals surface area contributed by atoms with Gasteiger partial charge in [0.2, 0.25) is 0 Å². The zero-order chi connectivity index (χ0) is 14.2. The molecule has 100 valence electrons. The maximum atomic E-state index is 11.8. The third-order valence-electron chi connectivity index (χ3n) is 3.12. The van der Waals surface area contributed by atoms with Gasteiger partial charge in [0.25, 0.3) is 0 Å². The van der Waals surface area contributed by atoms with Crippen molar-refractivity contribution in [2.24, 2.45) is 0 Å². The molecule has 2 N–H and O–H groups in total. The van der Waals surface area contributed by atoms with Crippen molar-refractivity contribution in [3.63, 3.8) is 0 Å². The third kappa shape index (κ3) is 2.17. The minimum Gasteiger partial charge on any atom is -0.480 e. The molecule has 2 rings (SSSR count). The highest BCUT2D eigenvalue weighted by Crippen LogP contribution is 2.33. The van der Waals surface area contributed by atoms with Crippen LogP contribution in [0.2, 0.25) is 0 Å². The molecule has 0 aromatic heterocycles. The summed E-state index contributed by atoms with van der Waals surface area (Å²) in [5.41, 5.74) is 1.37. The van der Waals surface area contributed by atoms with E-state index in [-0.39, 0.29) is 23.7 Å². The summed E-state index contributed by atoms with van der Waals surface area (Å²) in [4.78, 5) is 24.2. The summed E-state index contributed by atoms with van der Waals surface area (Å²) in [6.45, 7) is 3.04. The molecule has 19 heavy (non-hydrogen) atoms. The molecule has 0 saturated carbocycles. The van der Waals surface area contributed by atoms with Gasteiger partial charge in [-0.15, -0.1) is 0 Å². The van der Waals surface area contributed by atoms with Crippen LogP contribution in [0.15, 0.2) is 47.1 Å². The van der Waals surface area contributed by atoms with E-state index in [1.807, 2.05) is 0 Å². The molecule has 0 bridgehead atoms. The molecule has 6 heteroatoms. The number of ketones is 1. The number of hydrogen-bond acceptors (Lipinski definition) is 5. The first-order valence-electron chi connectivity index (χ1n) is 5.72. The number of carboxylic acids is 1. The Morgan fingerprint density at radius 3 is 2.42 bits per heavy atom. The average molecular weight is 262 g/mol. The van der Waals surface area contributed by atoms with Crippen molar-refractivity contribution in [1.82, 2.24) is 9.96 Å². The van der Waals surface area contributed by atoms with Crippen molar-refractivity contribution >= 4 is 11.8 Å². The van der Waals surface area contributed by atoms with Gasteiger partial charge in [-0.3, -0.25) is 14.8 Å². The van der Waals surface area contributed by atoms with E-state index in [4.69, 9.17) is 5.11 Å². The Hall–Kier alpha value is -2.34. The van der Waals surface area contributed by atoms with Crippen LogP contribution in [-0.4, -0.2) is 38.6 Å². The number of carboxylic acid groups (broad SMARTS) is 1. The molecule has 0 spiro atoms. The summed E-state index contributed by atoms with van der Waals surface area (Å²) < 4.78 is 0. The number of carbonyl (C=O) groups excluding carboxylic acids is 1. The molecule has 0 unspecified atom stereocenters. The number of nitrogens with zero attached hydrogens (tertiary/aromatic N) is 2. The Morgan fingerprint density at radius 1 is 1.21 bits per heavy atom. The lowest BCUT2D eigenvalue weighted by atomic mass is 10.1. The molecule has 0 aromatic carbocycles. The molecular weight excluding hydrogens is 248 g/mol. The van der Waals surface area contributed by atoms with Crippen LogP contribution in [0.4, 0.5) is 0 Å². The first-order valence-corrected chi connectivity index (χ1v) is 5.72. The normalized spacial score (nSPS) is 22.8. The standard InChI is InChI=1S/C13H14N2O4/c1-8-9(2)15(19)13(14(8)7-12(17)18)10-5-3-4-6-11(10)16/h3-6,19H,7H2,1-2H3,(H,17,18)/b13-10+. The van der Waals surface area contributed by atoms with E-state index in [1.54, 1.807) is 32.1 Å². The van der Waals surface area contributed by atoms with Crippen LogP contribution in [0.3, 0.4) is 0 Å². The van der Waals surface area contributed by atoms with Crippen LogP contribution in [0.5, 0.6) is 0 Å². The van der Waals surface area contributed by atoms with Crippen molar-refractivity contribution in [3.05, 3.63) is 47.1 Å². The first kappa shape index (κ1) is 13.1. The summed E-state index contributed by atoms with van der Waals surface area (Å²) in [6.07, 6.45) is 6.19. The van der Waals surface area contributed by atoms with Crippen LogP contribution in [0, 0.1) is 0 Å². The van der Waals surface area contributed by atoms with Crippen LogP contribution >= 0.6 is 0 Å². The van der Waals surface area contributed by atoms with Crippen molar-refractivity contribution in [1.29, 1.82) is 0 Å². The van der Waals surface area contributed by atoms with Crippen molar-refractivity contribution in [2.45, 2.75) is 13.8 Å². The van der Waals surface area contributed by atoms with Crippen LogP contribution in [-0.2, 0) is 9.59 Å². The fraction of sp³-hybridized carbons (Fsp3) is 0.231. The number of carbonyl (C=O) groups is 2. The maximum Gasteiger partial charge on any atom is 0.323 e. The topological polar surface area (TPSA) is 81.1 Å². The van der Waals surface area contributed by atoms with Gasteiger partial charge in [0.1, 0.15) is 12.4 Å². The van der Waals surface area contributed by atoms with Gasteiger partial charge in [-0.2, -0.15) is 0 Å². The largest absolute Gasteiger partial charge is 0.480 e. The van der Waals surface area contributed by atoms with Crippen LogP contribution in [0.25, 0.3) is 0 Å². The fourth-order valence-corrected chi connectivity index (χ4v) is 2.02. The van der Waals surface area contributed by atoms with E-state index in [1.165, 1.54) is 11.0 Å². The smallest absolute Gasteiger partial charge is 0.323 e. The van der Waals surface area contributed by atoms with E-state index in [0.717, 1.165) is 5.06 Å². The second kappa shape index (κ2) is 4.74. The number of allylic oxidation sites excluding steroid dienone is 7. The van der Waals surface area contributed by atoms with Crippen molar-refractivity contribution < 1.29 is 19.9 Å². The lowest BCUT2D eigenvalue weighted by molar-refractivity contribution is -0.138. The molecule has 0 aromatic rings. The molecule has 1 aliphatic heterocycles. The van der Waals surface area contributed by atoms with E-state index in [2.05, 4.69) is 0 Å². The van der Waals surface area contributed by atoms with Crippen LogP contribution < -0.4 is 0 Å². The van der Waals surface area contributed by atoms with Gasteiger partial charge in [-0.25, -0.2) is 5.06 Å². The zero-order valence-electron chi connectivity index (χ0n) is 10.6. The monoisotopic (exact) mass is 262 g/mol. The zero-order valence-corrected chi connectivity index (χ0v) is 10.6. The molecular formula is C13H14N2O4. The average Bonchev–Trinajstić information content (AvgIpc) is 2.55. The Morgan fingerprint density at radius 2 is 1.84 bits per heavy atom. The van der Waals surface area contributed by atoms with Gasteiger partial charge >= 0.3 is 5.97 Å². The van der Waals surface area contributed by atoms with Crippen molar-refractivity contribution in [3.8, 4) is 0 Å². The first-order chi connectivity index (χ1) is 8.93. The number of hydroxylamine groups is 2. The Balaban J connectivity index is 2.52. The predicted molar refractivity (Wildman–Crippen MR) is 66.7 cm³/mol. The second-order valence-corrected chi connectivity index (χ2v) is 4.28. The van der Waals surface area contributed by atoms with E-state index >= 15 is 0 Å². The second-order valence-electron chi connectivity index (χ2n) is 4.28. The molecule has 0 atom stereocenters. The van der Waals surface area contributed by atoms with Gasteiger partial charge in [-0.05, 0) is 26.0 Å². The maximum absolute atomic E-state index is 11.8. The quantitative estimate of drug-likeness (QED) is 0.729. The summed E-state index contributed by atoms with van der Waals surface area (Å²) >= 11 is 0. The highest BCUT2D eigenvalue weighted by molar-refractivity contribution is 6.08. The molecule has 1 heterocycles. The van der Waals surface area contributed by atoms with Gasteiger partial charge in [0, 0.05) is 5.70 Å². The third-order valence-corrected chi connectivity index (χ3v) is 3.12. The molecule has 0 amide bonds. The molecule has 1 aliphatic carbocycles. The van der Waals surface area contributed by atoms with Crippen molar-refractivity contribution in [2.75, 3.05) is 6.54 Å². The van der Waals surface area contributed by atoms with E-state index in [9.17, 15) is 14.8 Å². The molecule has 0 fully saturated rings. The number of rotatable bonds is 2. The summed E-state index contributed by atoms with van der Waals surface area (Å²) in [7, 11) is 0. The predicted octanol–water partition coefficient (Wildman–Crippen LogP) is 1.24. The summed E-state index contributed by atoms with van der Waals surface area (Å²) in [5, 5.41) is 19.9. The molecule has 0 saturated heterocycles. The number of aliphatic carboxylic acids is 1. The summed E-state index contributed by atoms with van der Waals surface area (Å²) in [5.74, 6) is -1.12. The fourth-order valence-electron chi connectivity index (χ4n) is 2.02. The molecule has 0 radical (unpaired) electrons. The SMILES string of the molecule is CC1=C(C)N(CC(=O)O)/C(=C2/C=CC=CC2=O)N1O. The highest BCUT2D eigenvalue weighted by atomic mass is 16.5. The highest BCUT2D eigenvalue weighted by Gasteiger charge is 2.33. The van der Waals surface area contributed by atoms with Gasteiger partial charge in [0.05, 0.1) is 11.3 Å². The summed E-state index contributed by atoms with van der Waals surface area (Å²) in [6, 6.07) is 0. The lowest BCUT2D eigenvalue weighted by Gasteiger charge is -2.23. The minimum absolute atomic E-state index is 0.183. The number of hydrogen-bond donors (Lipinski definition) is 2. The van der Waals surface area contributed by atoms with E-state index in [0.29, 0.717) is 11.4 Å². The lowest BCUT2D eigenvalue weighted by Crippen LogP contribution is -2.30. The molecule has 6 nitrogen and oxygen atoms in total. The Kier molecular flexibility index (Phi) is 3.26. The molecule has 2 aliphatic rings. The van der Waals surface area contributed by atoms with Gasteiger partial charge < -0.3 is 10.0 Å². The van der Waals surface area contributed by atoms with Gasteiger partial charge in [-0.1, -0.05) is 12.2 Å². The van der Waals surface area contributed by atoms with Crippen LogP contribution in [0.1, 0.15) is 13.8 Å². The minimum atomic E-state index is -1.04. The Labute approximate surface area is 110 Å². The van der Waals surface area contributed by atoms with E-state index < -0.39 is 5.97 Å². The Bertz CT molecular complexity index is 569.